The van der Waals surface area contributed by atoms with Crippen molar-refractivity contribution in [1.82, 2.24) is 0 Å². The topological polar surface area (TPSA) is 35.8 Å². The molecule has 1 N–H and O–H groups in total. The molecular weight excluding hydrogens is 208 g/mol. The fraction of sp³-hybridized carbons (Fsp3) is 0.250. The molecular formula is C12H13ClN2. The van der Waals surface area contributed by atoms with Gasteiger partial charge in [0.15, 0.2) is 0 Å². The van der Waals surface area contributed by atoms with Gasteiger partial charge >= 0.3 is 0 Å². The summed E-state index contributed by atoms with van der Waals surface area (Å²) >= 11 is 5.85. The lowest BCUT2D eigenvalue weighted by Gasteiger charge is -2.09. The molecule has 15 heavy (non-hydrogen) atoms. The molecule has 1 rings (SSSR count). The van der Waals surface area contributed by atoms with Crippen molar-refractivity contribution < 1.29 is 0 Å². The van der Waals surface area contributed by atoms with Gasteiger partial charge in [0.1, 0.15) is 6.07 Å². The molecule has 0 spiro atoms. The molecule has 0 saturated carbocycles. The van der Waals surface area contributed by atoms with Crippen molar-refractivity contribution in [2.75, 3.05) is 11.9 Å². The Labute approximate surface area is 95.2 Å². The van der Waals surface area contributed by atoms with Gasteiger partial charge in [0.2, 0.25) is 0 Å². The lowest BCUT2D eigenvalue weighted by molar-refractivity contribution is 1.05. The summed E-state index contributed by atoms with van der Waals surface area (Å²) in [5.74, 6) is 0. The maximum Gasteiger partial charge on any atom is 0.101 e. The molecule has 3 heteroatoms. The van der Waals surface area contributed by atoms with Crippen molar-refractivity contribution in [3.8, 4) is 6.07 Å². The largest absolute Gasteiger partial charge is 0.380 e. The number of nitriles is 1. The van der Waals surface area contributed by atoms with Gasteiger partial charge < -0.3 is 5.32 Å². The molecule has 0 radical (unpaired) electrons. The summed E-state index contributed by atoms with van der Waals surface area (Å²) in [7, 11) is 0. The Morgan fingerprint density at radius 2 is 2.33 bits per heavy atom. The molecule has 1 aromatic rings. The Hall–Kier alpha value is -1.46. The summed E-state index contributed by atoms with van der Waals surface area (Å²) < 4.78 is 0. The molecule has 2 nitrogen and oxygen atoms in total. The predicted molar refractivity (Wildman–Crippen MR) is 64.1 cm³/mol. The second kappa shape index (κ2) is 5.43. The van der Waals surface area contributed by atoms with Gasteiger partial charge in [-0.3, -0.25) is 0 Å². The standard InChI is InChI=1S/C12H13ClN2/c1-3-9(2)8-15-12-6-11(13)5-4-10(12)7-14/h4-6,15H,2-3,8H2,1H3. The number of anilines is 1. The maximum atomic E-state index is 8.88. The van der Waals surface area contributed by atoms with Crippen LogP contribution in [0, 0.1) is 11.3 Å². The highest BCUT2D eigenvalue weighted by molar-refractivity contribution is 6.30. The minimum atomic E-state index is 0.600. The van der Waals surface area contributed by atoms with Crippen molar-refractivity contribution in [3.05, 3.63) is 40.9 Å². The van der Waals surface area contributed by atoms with E-state index in [1.54, 1.807) is 18.2 Å². The van der Waals surface area contributed by atoms with Gasteiger partial charge in [-0.25, -0.2) is 0 Å². The second-order valence-electron chi connectivity index (χ2n) is 3.26. The third-order valence-electron chi connectivity index (χ3n) is 2.13. The van der Waals surface area contributed by atoms with E-state index in [0.29, 0.717) is 17.1 Å². The molecule has 1 aromatic carbocycles. The summed E-state index contributed by atoms with van der Waals surface area (Å²) in [5, 5.41) is 12.6. The minimum Gasteiger partial charge on any atom is -0.380 e. The monoisotopic (exact) mass is 220 g/mol. The van der Waals surface area contributed by atoms with Crippen LogP contribution in [-0.4, -0.2) is 6.54 Å². The van der Waals surface area contributed by atoms with Crippen LogP contribution in [0.2, 0.25) is 5.02 Å². The molecule has 0 amide bonds. The van der Waals surface area contributed by atoms with Crippen LogP contribution in [0.3, 0.4) is 0 Å². The first kappa shape index (κ1) is 11.6. The van der Waals surface area contributed by atoms with Crippen LogP contribution in [0.1, 0.15) is 18.9 Å². The van der Waals surface area contributed by atoms with Crippen molar-refractivity contribution >= 4 is 17.3 Å². The number of benzene rings is 1. The molecule has 0 aliphatic heterocycles. The van der Waals surface area contributed by atoms with E-state index in [1.165, 1.54) is 0 Å². The molecule has 0 heterocycles. The fourth-order valence-electron chi connectivity index (χ4n) is 1.11. The fourth-order valence-corrected chi connectivity index (χ4v) is 1.28. The van der Waals surface area contributed by atoms with Gasteiger partial charge in [-0.15, -0.1) is 0 Å². The van der Waals surface area contributed by atoms with Crippen LogP contribution in [0.5, 0.6) is 0 Å². The predicted octanol–water partition coefficient (Wildman–Crippen LogP) is 3.59. The smallest absolute Gasteiger partial charge is 0.101 e. The lowest BCUT2D eigenvalue weighted by Crippen LogP contribution is -2.04. The van der Waals surface area contributed by atoms with E-state index in [9.17, 15) is 0 Å². The SMILES string of the molecule is C=C(CC)CNc1cc(Cl)ccc1C#N. The van der Waals surface area contributed by atoms with E-state index in [4.69, 9.17) is 16.9 Å². The molecule has 78 valence electrons. The summed E-state index contributed by atoms with van der Waals surface area (Å²) in [5.41, 5.74) is 2.46. The highest BCUT2D eigenvalue weighted by Crippen LogP contribution is 2.20. The quantitative estimate of drug-likeness (QED) is 0.788. The Morgan fingerprint density at radius 1 is 1.60 bits per heavy atom. The van der Waals surface area contributed by atoms with Crippen molar-refractivity contribution in [2.24, 2.45) is 0 Å². The second-order valence-corrected chi connectivity index (χ2v) is 3.70. The molecule has 0 aliphatic rings. The number of rotatable bonds is 4. The van der Waals surface area contributed by atoms with Gasteiger partial charge in [-0.1, -0.05) is 30.7 Å². The Balaban J connectivity index is 2.80. The van der Waals surface area contributed by atoms with E-state index in [1.807, 2.05) is 6.92 Å². The summed E-state index contributed by atoms with van der Waals surface area (Å²) in [4.78, 5) is 0. The zero-order valence-corrected chi connectivity index (χ0v) is 9.43. The van der Waals surface area contributed by atoms with Crippen LogP contribution in [0.25, 0.3) is 0 Å². The molecule has 0 aromatic heterocycles. The average molecular weight is 221 g/mol. The lowest BCUT2D eigenvalue weighted by atomic mass is 10.2. The third-order valence-corrected chi connectivity index (χ3v) is 2.37. The number of hydrogen-bond acceptors (Lipinski definition) is 2. The molecule has 0 bridgehead atoms. The molecule has 0 aliphatic carbocycles. The van der Waals surface area contributed by atoms with Crippen LogP contribution in [-0.2, 0) is 0 Å². The van der Waals surface area contributed by atoms with Crippen LogP contribution < -0.4 is 5.32 Å². The highest BCUT2D eigenvalue weighted by Gasteiger charge is 2.02. The number of halogens is 1. The minimum absolute atomic E-state index is 0.600. The van der Waals surface area contributed by atoms with Gasteiger partial charge in [0.05, 0.1) is 11.3 Å². The van der Waals surface area contributed by atoms with Crippen molar-refractivity contribution in [3.63, 3.8) is 0 Å². The number of nitrogens with zero attached hydrogens (tertiary/aromatic N) is 1. The summed E-state index contributed by atoms with van der Waals surface area (Å²) in [6, 6.07) is 7.28. The highest BCUT2D eigenvalue weighted by atomic mass is 35.5. The third kappa shape index (κ3) is 3.30. The first-order chi connectivity index (χ1) is 7.17. The van der Waals surface area contributed by atoms with E-state index >= 15 is 0 Å². The average Bonchev–Trinajstić information content (AvgIpc) is 2.26. The van der Waals surface area contributed by atoms with E-state index in [-0.39, 0.29) is 0 Å². The van der Waals surface area contributed by atoms with Gasteiger partial charge in [0.25, 0.3) is 0 Å². The van der Waals surface area contributed by atoms with Crippen LogP contribution in [0.15, 0.2) is 30.4 Å². The molecule has 0 atom stereocenters. The molecule has 0 unspecified atom stereocenters. The maximum absolute atomic E-state index is 8.88. The molecule has 0 fully saturated rings. The van der Waals surface area contributed by atoms with E-state index in [0.717, 1.165) is 17.7 Å². The Bertz CT molecular complexity index is 405. The molecule has 0 saturated heterocycles. The summed E-state index contributed by atoms with van der Waals surface area (Å²) in [6.07, 6.45) is 0.926. The van der Waals surface area contributed by atoms with Gasteiger partial charge in [-0.2, -0.15) is 5.26 Å². The zero-order valence-electron chi connectivity index (χ0n) is 8.68. The van der Waals surface area contributed by atoms with Gasteiger partial charge in [0, 0.05) is 11.6 Å². The Kier molecular flexibility index (Phi) is 4.20. The zero-order chi connectivity index (χ0) is 11.3. The number of nitrogens with one attached hydrogen (secondary N) is 1. The normalized spacial score (nSPS) is 9.40. The van der Waals surface area contributed by atoms with Crippen molar-refractivity contribution in [2.45, 2.75) is 13.3 Å². The van der Waals surface area contributed by atoms with E-state index in [2.05, 4.69) is 18.0 Å². The van der Waals surface area contributed by atoms with Crippen molar-refractivity contribution in [1.29, 1.82) is 5.26 Å². The van der Waals surface area contributed by atoms with Crippen LogP contribution >= 0.6 is 11.6 Å². The number of hydrogen-bond donors (Lipinski definition) is 1. The van der Waals surface area contributed by atoms with Gasteiger partial charge in [-0.05, 0) is 24.6 Å². The first-order valence-electron chi connectivity index (χ1n) is 4.77. The van der Waals surface area contributed by atoms with E-state index < -0.39 is 0 Å². The van der Waals surface area contributed by atoms with Crippen LogP contribution in [0.4, 0.5) is 5.69 Å². The Morgan fingerprint density at radius 3 is 2.93 bits per heavy atom. The first-order valence-corrected chi connectivity index (χ1v) is 5.15. The summed E-state index contributed by atoms with van der Waals surface area (Å²) in [6.45, 7) is 6.61.